The summed E-state index contributed by atoms with van der Waals surface area (Å²) in [5.41, 5.74) is 3.85. The number of nitrogens with one attached hydrogen (secondary N) is 3. The van der Waals surface area contributed by atoms with Crippen molar-refractivity contribution in [1.29, 1.82) is 0 Å². The summed E-state index contributed by atoms with van der Waals surface area (Å²) >= 11 is 0. The van der Waals surface area contributed by atoms with Gasteiger partial charge in [0.2, 0.25) is 11.8 Å². The van der Waals surface area contributed by atoms with E-state index in [1.807, 2.05) is 60.7 Å². The van der Waals surface area contributed by atoms with Crippen molar-refractivity contribution < 1.29 is 32.8 Å². The molecule has 18 heteroatoms. The highest BCUT2D eigenvalue weighted by molar-refractivity contribution is 5.93. The molecule has 5 aromatic rings. The summed E-state index contributed by atoms with van der Waals surface area (Å²) in [7, 11) is 2.99. The first kappa shape index (κ1) is 40.3. The Bertz CT molecular complexity index is 2430. The first-order valence-electron chi connectivity index (χ1n) is 18.8. The maximum Gasteiger partial charge on any atom is 0.336 e. The fourth-order valence-corrected chi connectivity index (χ4v) is 7.42. The van der Waals surface area contributed by atoms with Crippen LogP contribution in [0.2, 0.25) is 0 Å². The van der Waals surface area contributed by atoms with Gasteiger partial charge in [-0.25, -0.2) is 42.8 Å². The first-order valence-corrected chi connectivity index (χ1v) is 18.8. The number of carbonyl (C=O) groups excluding carboxylic acids is 5. The number of hydrogen-bond donors (Lipinski definition) is 3. The van der Waals surface area contributed by atoms with Gasteiger partial charge in [0.1, 0.15) is 23.8 Å². The Balaban J connectivity index is 1.19. The van der Waals surface area contributed by atoms with Crippen molar-refractivity contribution in [3.63, 3.8) is 0 Å². The Morgan fingerprint density at radius 1 is 0.780 bits per heavy atom. The van der Waals surface area contributed by atoms with E-state index in [1.54, 1.807) is 7.05 Å². The highest BCUT2D eigenvalue weighted by Crippen LogP contribution is 2.29. The van der Waals surface area contributed by atoms with E-state index < -0.39 is 72.4 Å². The molecule has 0 saturated carbocycles. The lowest BCUT2D eigenvalue weighted by Crippen LogP contribution is -2.76. The van der Waals surface area contributed by atoms with Crippen LogP contribution in [0.3, 0.4) is 0 Å². The predicted octanol–water partition coefficient (Wildman–Crippen LogP) is 2.71. The topological polar surface area (TPSA) is 165 Å². The van der Waals surface area contributed by atoms with E-state index in [0.29, 0.717) is 5.56 Å². The fraction of sp³-hybridized carbons (Fsp3) is 0.268. The summed E-state index contributed by atoms with van der Waals surface area (Å²) in [6.07, 6.45) is -1.05. The van der Waals surface area contributed by atoms with Crippen LogP contribution >= 0.6 is 0 Å². The molecule has 2 atom stereocenters. The second-order valence-corrected chi connectivity index (χ2v) is 14.3. The van der Waals surface area contributed by atoms with E-state index in [9.17, 15) is 37.5 Å². The Kier molecular flexibility index (Phi) is 11.8. The van der Waals surface area contributed by atoms with Crippen LogP contribution in [0, 0.1) is 11.6 Å². The maximum absolute atomic E-state index is 14.8. The van der Waals surface area contributed by atoms with Gasteiger partial charge in [0.15, 0.2) is 0 Å². The van der Waals surface area contributed by atoms with Crippen molar-refractivity contribution in [3.05, 3.63) is 142 Å². The second-order valence-electron chi connectivity index (χ2n) is 14.3. The van der Waals surface area contributed by atoms with E-state index in [1.165, 1.54) is 62.2 Å². The van der Waals surface area contributed by atoms with E-state index in [-0.39, 0.29) is 43.8 Å². The number of halogens is 2. The van der Waals surface area contributed by atoms with Gasteiger partial charge in [0.05, 0.1) is 37.2 Å². The molecule has 2 aliphatic rings. The molecule has 16 nitrogen and oxygen atoms in total. The van der Waals surface area contributed by atoms with Gasteiger partial charge in [-0.1, -0.05) is 72.8 Å². The first-order chi connectivity index (χ1) is 28.4. The standard InChI is InChI=1S/C41H42F2N10O6/c1-47(46-39(57)44-20-27-9-5-3-6-10-27)25-36(54)52-33-19-31(43)17-18-32(33)50(41(52)59)23-34-38(56)49(22-29-13-15-30(42)16-14-29)24-35-51(34)37(55)26-48(2)53(35)40(58)45-21-28-11-7-4-8-12-28/h3-19,34-35H,20-26H2,1-2H3,(H,45,58)(H2,44,46,57)/t34-,35+/m1/s1. The highest BCUT2D eigenvalue weighted by atomic mass is 19.1. The van der Waals surface area contributed by atoms with Crippen molar-refractivity contribution in [2.45, 2.75) is 38.4 Å². The molecule has 2 saturated heterocycles. The number of urea groups is 2. The molecule has 0 unspecified atom stereocenters. The molecular formula is C41H42F2N10O6. The van der Waals surface area contributed by atoms with Crippen molar-refractivity contribution in [3.8, 4) is 0 Å². The fourth-order valence-electron chi connectivity index (χ4n) is 7.42. The summed E-state index contributed by atoms with van der Waals surface area (Å²) in [6, 6.07) is 24.8. The van der Waals surface area contributed by atoms with Gasteiger partial charge in [0, 0.05) is 39.8 Å². The second kappa shape index (κ2) is 17.3. The molecule has 0 radical (unpaired) electrons. The van der Waals surface area contributed by atoms with Gasteiger partial charge in [-0.05, 0) is 41.0 Å². The zero-order valence-electron chi connectivity index (χ0n) is 32.3. The van der Waals surface area contributed by atoms with Gasteiger partial charge in [-0.3, -0.25) is 24.4 Å². The predicted molar refractivity (Wildman–Crippen MR) is 211 cm³/mol. The van der Waals surface area contributed by atoms with Crippen molar-refractivity contribution >= 4 is 40.8 Å². The average molecular weight is 809 g/mol. The quantitative estimate of drug-likeness (QED) is 0.172. The Morgan fingerprint density at radius 2 is 1.41 bits per heavy atom. The van der Waals surface area contributed by atoms with Crippen molar-refractivity contribution in [2.24, 2.45) is 0 Å². The molecule has 0 bridgehead atoms. The monoisotopic (exact) mass is 808 g/mol. The molecule has 59 heavy (non-hydrogen) atoms. The summed E-state index contributed by atoms with van der Waals surface area (Å²) in [5.74, 6) is -3.11. The highest BCUT2D eigenvalue weighted by Gasteiger charge is 2.51. The van der Waals surface area contributed by atoms with E-state index >= 15 is 0 Å². The Morgan fingerprint density at radius 3 is 2.07 bits per heavy atom. The van der Waals surface area contributed by atoms with Gasteiger partial charge >= 0.3 is 17.8 Å². The van der Waals surface area contributed by atoms with Crippen LogP contribution in [0.5, 0.6) is 0 Å². The van der Waals surface area contributed by atoms with E-state index in [4.69, 9.17) is 0 Å². The molecule has 306 valence electrons. The molecule has 3 N–H and O–H groups in total. The number of rotatable bonds is 11. The lowest BCUT2D eigenvalue weighted by molar-refractivity contribution is -0.188. The number of imidazole rings is 1. The summed E-state index contributed by atoms with van der Waals surface area (Å²) in [4.78, 5) is 85.8. The minimum Gasteiger partial charge on any atom is -0.333 e. The largest absolute Gasteiger partial charge is 0.336 e. The van der Waals surface area contributed by atoms with Crippen LogP contribution in [0.4, 0.5) is 18.4 Å². The average Bonchev–Trinajstić information content (AvgIpc) is 3.48. The van der Waals surface area contributed by atoms with Crippen LogP contribution < -0.4 is 21.7 Å². The van der Waals surface area contributed by atoms with Gasteiger partial charge in [-0.15, -0.1) is 0 Å². The number of piperazine rings is 1. The SMILES string of the molecule is CN(CC(=O)n1c(=O)n(C[C@@H]2C(=O)N(Cc3ccc(F)cc3)C[C@H]3N2C(=O)CN(C)N3C(=O)NCc2ccccc2)c2ccc(F)cc21)NC(=O)NCc1ccccc1. The number of fused-ring (bicyclic) bond motifs is 2. The molecule has 0 aliphatic carbocycles. The minimum atomic E-state index is -1.38. The normalized spacial score (nSPS) is 17.0. The van der Waals surface area contributed by atoms with Crippen molar-refractivity contribution in [2.75, 3.05) is 33.7 Å². The maximum atomic E-state index is 14.8. The number of amides is 6. The molecule has 7 rings (SSSR count). The number of nitrogens with zero attached hydrogens (tertiary/aromatic N) is 7. The van der Waals surface area contributed by atoms with E-state index in [2.05, 4.69) is 16.1 Å². The van der Waals surface area contributed by atoms with Crippen LogP contribution in [-0.4, -0.2) is 110 Å². The van der Waals surface area contributed by atoms with Gasteiger partial charge in [0.25, 0.3) is 5.91 Å². The van der Waals surface area contributed by atoms with Gasteiger partial charge < -0.3 is 20.4 Å². The molecule has 6 amide bonds. The summed E-state index contributed by atoms with van der Waals surface area (Å²) in [5, 5.41) is 9.54. The Labute approximate surface area is 337 Å². The molecule has 0 spiro atoms. The summed E-state index contributed by atoms with van der Waals surface area (Å²) in [6.45, 7) is -1.01. The van der Waals surface area contributed by atoms with E-state index in [0.717, 1.165) is 32.4 Å². The third kappa shape index (κ3) is 8.82. The number of aromatic nitrogens is 2. The molecule has 2 fully saturated rings. The number of benzene rings is 4. The van der Waals surface area contributed by atoms with Crippen LogP contribution in [0.15, 0.2) is 108 Å². The molecule has 4 aromatic carbocycles. The minimum absolute atomic E-state index is 0.0179. The van der Waals surface area contributed by atoms with Crippen LogP contribution in [0.25, 0.3) is 11.0 Å². The molecular weight excluding hydrogens is 767 g/mol. The lowest BCUT2D eigenvalue weighted by atomic mass is 10.0. The zero-order chi connectivity index (χ0) is 41.8. The third-order valence-electron chi connectivity index (χ3n) is 10.2. The lowest BCUT2D eigenvalue weighted by Gasteiger charge is -2.54. The number of hydrogen-bond acceptors (Lipinski definition) is 8. The molecule has 2 aliphatic heterocycles. The van der Waals surface area contributed by atoms with Gasteiger partial charge in [-0.2, -0.15) is 0 Å². The van der Waals surface area contributed by atoms with Crippen LogP contribution in [-0.2, 0) is 35.8 Å². The smallest absolute Gasteiger partial charge is 0.333 e. The van der Waals surface area contributed by atoms with Crippen molar-refractivity contribution in [1.82, 2.24) is 50.0 Å². The number of hydrazine groups is 2. The van der Waals surface area contributed by atoms with Crippen LogP contribution in [0.1, 0.15) is 21.5 Å². The molecule has 1 aromatic heterocycles. The third-order valence-corrected chi connectivity index (χ3v) is 10.2. The Hall–Kier alpha value is -6.92. The number of carbonyl (C=O) groups is 5. The zero-order valence-corrected chi connectivity index (χ0v) is 32.3. The molecule has 3 heterocycles. The number of likely N-dealkylation sites (N-methyl/N-ethyl adjacent to an activating group) is 2. The summed E-state index contributed by atoms with van der Waals surface area (Å²) < 4.78 is 30.5.